The average Bonchev–Trinajstić information content (AvgIpc) is 3.36. The van der Waals surface area contributed by atoms with Crippen molar-refractivity contribution in [1.29, 1.82) is 0 Å². The molecular formula is C15H17BrN2O6. The number of carbonyl (C=O) groups is 3. The first-order chi connectivity index (χ1) is 11.4. The van der Waals surface area contributed by atoms with Gasteiger partial charge in [-0.05, 0) is 40.9 Å². The summed E-state index contributed by atoms with van der Waals surface area (Å²) in [5.74, 6) is -0.682. The predicted molar refractivity (Wildman–Crippen MR) is 87.2 cm³/mol. The van der Waals surface area contributed by atoms with E-state index in [1.807, 2.05) is 0 Å². The third kappa shape index (κ3) is 4.85. The molecule has 1 saturated carbocycles. The Hall–Kier alpha value is -2.29. The van der Waals surface area contributed by atoms with Crippen LogP contribution in [0.2, 0.25) is 0 Å². The molecule has 0 radical (unpaired) electrons. The summed E-state index contributed by atoms with van der Waals surface area (Å²) >= 11 is 3.29. The number of esters is 1. The number of amides is 3. The van der Waals surface area contributed by atoms with Crippen molar-refractivity contribution in [2.75, 3.05) is 20.8 Å². The third-order valence-electron chi connectivity index (χ3n) is 3.18. The van der Waals surface area contributed by atoms with E-state index < -0.39 is 24.5 Å². The Morgan fingerprint density at radius 1 is 1.17 bits per heavy atom. The van der Waals surface area contributed by atoms with Crippen LogP contribution in [0.25, 0.3) is 0 Å². The number of methoxy groups -OCH3 is 2. The second-order valence-corrected chi connectivity index (χ2v) is 5.86. The van der Waals surface area contributed by atoms with Crippen LogP contribution in [0.15, 0.2) is 16.6 Å². The minimum Gasteiger partial charge on any atom is -0.495 e. The van der Waals surface area contributed by atoms with Gasteiger partial charge in [-0.1, -0.05) is 0 Å². The van der Waals surface area contributed by atoms with Gasteiger partial charge in [0, 0.05) is 6.04 Å². The topological polar surface area (TPSA) is 103 Å². The standard InChI is InChI=1S/C15H17BrN2O6/c1-22-10-5-8(6-11(23-2)13(10)16)14(20)24-7-12(19)18-15(21)17-9-3-4-9/h5-6,9H,3-4,7H2,1-2H3,(H2,17,18,19,21). The van der Waals surface area contributed by atoms with Gasteiger partial charge in [-0.3, -0.25) is 10.1 Å². The third-order valence-corrected chi connectivity index (χ3v) is 3.96. The van der Waals surface area contributed by atoms with E-state index in [-0.39, 0.29) is 11.6 Å². The number of ether oxygens (including phenoxy) is 3. The van der Waals surface area contributed by atoms with E-state index in [2.05, 4.69) is 26.6 Å². The molecule has 2 rings (SSSR count). The number of hydrogen-bond acceptors (Lipinski definition) is 6. The van der Waals surface area contributed by atoms with Crippen LogP contribution in [0, 0.1) is 0 Å². The van der Waals surface area contributed by atoms with E-state index in [1.165, 1.54) is 26.4 Å². The smallest absolute Gasteiger partial charge is 0.338 e. The normalized spacial score (nSPS) is 13.0. The summed E-state index contributed by atoms with van der Waals surface area (Å²) in [5, 5.41) is 4.68. The van der Waals surface area contributed by atoms with Crippen molar-refractivity contribution in [2.45, 2.75) is 18.9 Å². The molecule has 3 amide bonds. The van der Waals surface area contributed by atoms with Gasteiger partial charge >= 0.3 is 12.0 Å². The van der Waals surface area contributed by atoms with Crippen molar-refractivity contribution in [3.63, 3.8) is 0 Å². The Morgan fingerprint density at radius 2 is 1.75 bits per heavy atom. The van der Waals surface area contributed by atoms with Crippen LogP contribution in [0.5, 0.6) is 11.5 Å². The molecule has 130 valence electrons. The summed E-state index contributed by atoms with van der Waals surface area (Å²) in [6.07, 6.45) is 1.81. The highest BCUT2D eigenvalue weighted by Gasteiger charge is 2.24. The van der Waals surface area contributed by atoms with Crippen LogP contribution in [-0.2, 0) is 9.53 Å². The number of imide groups is 1. The monoisotopic (exact) mass is 400 g/mol. The number of benzene rings is 1. The van der Waals surface area contributed by atoms with Crippen LogP contribution in [0.3, 0.4) is 0 Å². The number of hydrogen-bond donors (Lipinski definition) is 2. The molecule has 0 spiro atoms. The Bertz CT molecular complexity index is 634. The largest absolute Gasteiger partial charge is 0.495 e. The van der Waals surface area contributed by atoms with Gasteiger partial charge in [0.05, 0.1) is 19.8 Å². The minimum atomic E-state index is -0.739. The summed E-state index contributed by atoms with van der Waals surface area (Å²) in [6, 6.07) is 2.44. The molecule has 0 aromatic heterocycles. The van der Waals surface area contributed by atoms with E-state index in [0.717, 1.165) is 12.8 Å². The average molecular weight is 401 g/mol. The lowest BCUT2D eigenvalue weighted by Gasteiger charge is -2.11. The van der Waals surface area contributed by atoms with Gasteiger partial charge in [0.25, 0.3) is 5.91 Å². The molecule has 1 fully saturated rings. The lowest BCUT2D eigenvalue weighted by molar-refractivity contribution is -0.123. The second-order valence-electron chi connectivity index (χ2n) is 5.07. The van der Waals surface area contributed by atoms with E-state index in [4.69, 9.17) is 14.2 Å². The molecule has 24 heavy (non-hydrogen) atoms. The number of rotatable bonds is 6. The van der Waals surface area contributed by atoms with E-state index in [9.17, 15) is 14.4 Å². The molecule has 0 unspecified atom stereocenters. The zero-order valence-corrected chi connectivity index (χ0v) is 14.8. The Kier molecular flexibility index (Phi) is 6.02. The zero-order valence-electron chi connectivity index (χ0n) is 13.2. The highest BCUT2D eigenvalue weighted by atomic mass is 79.9. The summed E-state index contributed by atoms with van der Waals surface area (Å²) in [6.45, 7) is -0.572. The minimum absolute atomic E-state index is 0.128. The molecule has 1 aromatic carbocycles. The highest BCUT2D eigenvalue weighted by molar-refractivity contribution is 9.10. The first-order valence-electron chi connectivity index (χ1n) is 7.13. The van der Waals surface area contributed by atoms with Crippen LogP contribution < -0.4 is 20.1 Å². The summed E-state index contributed by atoms with van der Waals surface area (Å²) in [7, 11) is 2.89. The van der Waals surface area contributed by atoms with Gasteiger partial charge in [0.2, 0.25) is 0 Å². The fourth-order valence-corrected chi connectivity index (χ4v) is 2.37. The zero-order chi connectivity index (χ0) is 17.7. The van der Waals surface area contributed by atoms with Crippen molar-refractivity contribution >= 4 is 33.8 Å². The second kappa shape index (κ2) is 8.00. The number of urea groups is 1. The molecule has 0 saturated heterocycles. The molecule has 0 bridgehead atoms. The maximum absolute atomic E-state index is 12.0. The Morgan fingerprint density at radius 3 is 2.25 bits per heavy atom. The summed E-state index contributed by atoms with van der Waals surface area (Å²) < 4.78 is 15.7. The number of halogens is 1. The van der Waals surface area contributed by atoms with E-state index in [1.54, 1.807) is 0 Å². The van der Waals surface area contributed by atoms with Gasteiger partial charge in [-0.15, -0.1) is 0 Å². The quantitative estimate of drug-likeness (QED) is 0.703. The van der Waals surface area contributed by atoms with Crippen LogP contribution in [0.1, 0.15) is 23.2 Å². The fourth-order valence-electron chi connectivity index (χ4n) is 1.81. The number of nitrogens with one attached hydrogen (secondary N) is 2. The maximum atomic E-state index is 12.0. The van der Waals surface area contributed by atoms with Crippen molar-refractivity contribution in [3.8, 4) is 11.5 Å². The molecular weight excluding hydrogens is 384 g/mol. The van der Waals surface area contributed by atoms with E-state index in [0.29, 0.717) is 16.0 Å². The molecule has 0 aliphatic heterocycles. The molecule has 9 heteroatoms. The van der Waals surface area contributed by atoms with Gasteiger partial charge in [0.15, 0.2) is 6.61 Å². The summed E-state index contributed by atoms with van der Waals surface area (Å²) in [4.78, 5) is 35.0. The van der Waals surface area contributed by atoms with Gasteiger partial charge < -0.3 is 19.5 Å². The molecule has 0 heterocycles. The lowest BCUT2D eigenvalue weighted by Crippen LogP contribution is -2.42. The van der Waals surface area contributed by atoms with Gasteiger partial charge in [-0.25, -0.2) is 9.59 Å². The SMILES string of the molecule is COc1cc(C(=O)OCC(=O)NC(=O)NC2CC2)cc(OC)c1Br. The van der Waals surface area contributed by atoms with Crippen molar-refractivity contribution in [2.24, 2.45) is 0 Å². The molecule has 1 aliphatic carbocycles. The van der Waals surface area contributed by atoms with Crippen molar-refractivity contribution in [1.82, 2.24) is 10.6 Å². The van der Waals surface area contributed by atoms with Crippen LogP contribution >= 0.6 is 15.9 Å². The molecule has 0 atom stereocenters. The van der Waals surface area contributed by atoms with Crippen LogP contribution in [0.4, 0.5) is 4.79 Å². The predicted octanol–water partition coefficient (Wildman–Crippen LogP) is 1.61. The molecule has 2 N–H and O–H groups in total. The molecule has 8 nitrogen and oxygen atoms in total. The Labute approximate surface area is 147 Å². The van der Waals surface area contributed by atoms with Gasteiger partial charge in [0.1, 0.15) is 16.0 Å². The first-order valence-corrected chi connectivity index (χ1v) is 7.93. The maximum Gasteiger partial charge on any atom is 0.338 e. The van der Waals surface area contributed by atoms with Crippen molar-refractivity contribution < 1.29 is 28.6 Å². The molecule has 1 aliphatic rings. The number of carbonyl (C=O) groups excluding carboxylic acids is 3. The lowest BCUT2D eigenvalue weighted by atomic mass is 10.2. The Balaban J connectivity index is 1.91. The van der Waals surface area contributed by atoms with Gasteiger partial charge in [-0.2, -0.15) is 0 Å². The fraction of sp³-hybridized carbons (Fsp3) is 0.400. The van der Waals surface area contributed by atoms with Crippen molar-refractivity contribution in [3.05, 3.63) is 22.2 Å². The van der Waals surface area contributed by atoms with E-state index >= 15 is 0 Å². The first kappa shape index (κ1) is 18.1. The highest BCUT2D eigenvalue weighted by Crippen LogP contribution is 2.35. The molecule has 1 aromatic rings. The summed E-state index contributed by atoms with van der Waals surface area (Å²) in [5.41, 5.74) is 0.155. The van der Waals surface area contributed by atoms with Crippen LogP contribution in [-0.4, -0.2) is 44.8 Å².